The molecule has 1 atom stereocenters. The summed E-state index contributed by atoms with van der Waals surface area (Å²) in [5, 5.41) is 2.38. The number of amides is 2. The van der Waals surface area contributed by atoms with Crippen molar-refractivity contribution in [3.05, 3.63) is 35.4 Å². The van der Waals surface area contributed by atoms with Crippen LogP contribution in [0.3, 0.4) is 0 Å². The molecule has 0 aromatic heterocycles. The zero-order valence-corrected chi connectivity index (χ0v) is 13.7. The van der Waals surface area contributed by atoms with E-state index in [1.165, 1.54) is 24.3 Å². The first-order chi connectivity index (χ1) is 10.4. The van der Waals surface area contributed by atoms with Gasteiger partial charge >= 0.3 is 6.09 Å². The predicted molar refractivity (Wildman–Crippen MR) is 82.1 cm³/mol. The minimum atomic E-state index is -2.93. The summed E-state index contributed by atoms with van der Waals surface area (Å²) in [6.45, 7) is 5.87. The van der Waals surface area contributed by atoms with E-state index < -0.39 is 29.6 Å². The van der Waals surface area contributed by atoms with Crippen molar-refractivity contribution in [1.82, 2.24) is 5.32 Å². The van der Waals surface area contributed by atoms with Gasteiger partial charge in [0.25, 0.3) is 5.92 Å². The zero-order valence-electron chi connectivity index (χ0n) is 13.7. The maximum Gasteiger partial charge on any atom is 0.408 e. The van der Waals surface area contributed by atoms with Crippen molar-refractivity contribution in [2.24, 2.45) is 5.73 Å². The van der Waals surface area contributed by atoms with Crippen LogP contribution in [-0.4, -0.2) is 23.6 Å². The Hall–Kier alpha value is -2.18. The number of hydrogen-bond acceptors (Lipinski definition) is 3. The number of rotatable bonds is 5. The zero-order chi connectivity index (χ0) is 17.8. The molecule has 5 nitrogen and oxygen atoms in total. The summed E-state index contributed by atoms with van der Waals surface area (Å²) in [5.41, 5.74) is 5.03. The Labute approximate surface area is 134 Å². The van der Waals surface area contributed by atoms with Gasteiger partial charge in [-0.3, -0.25) is 4.79 Å². The first kappa shape index (κ1) is 18.9. The lowest BCUT2D eigenvalue weighted by atomic mass is 10.0. The monoisotopic (exact) mass is 328 g/mol. The number of carbonyl (C=O) groups is 2. The van der Waals surface area contributed by atoms with Gasteiger partial charge in [0.15, 0.2) is 0 Å². The molecule has 0 radical (unpaired) electrons. The van der Waals surface area contributed by atoms with Crippen LogP contribution >= 0.6 is 0 Å². The third kappa shape index (κ3) is 6.63. The smallest absolute Gasteiger partial charge is 0.408 e. The Morgan fingerprint density at radius 2 is 1.70 bits per heavy atom. The second-order valence-corrected chi connectivity index (χ2v) is 6.39. The summed E-state index contributed by atoms with van der Waals surface area (Å²) in [6, 6.07) is 4.51. The van der Waals surface area contributed by atoms with Gasteiger partial charge in [0.05, 0.1) is 0 Å². The quantitative estimate of drug-likeness (QED) is 0.872. The molecule has 7 heteroatoms. The standard InChI is InChI=1S/C16H22F2N2O3/c1-15(2,3)23-14(22)20-12(13(19)21)9-10-5-7-11(8-6-10)16(4,17)18/h5-8,12H,9H2,1-4H3,(H2,19,21)(H,20,22). The van der Waals surface area contributed by atoms with Gasteiger partial charge < -0.3 is 15.8 Å². The number of hydrogen-bond donors (Lipinski definition) is 2. The Morgan fingerprint density at radius 1 is 1.17 bits per heavy atom. The van der Waals surface area contributed by atoms with Crippen LogP contribution in [0.4, 0.5) is 13.6 Å². The molecule has 0 aliphatic heterocycles. The number of nitrogens with one attached hydrogen (secondary N) is 1. The van der Waals surface area contributed by atoms with Gasteiger partial charge in [0.1, 0.15) is 11.6 Å². The molecule has 0 heterocycles. The highest BCUT2D eigenvalue weighted by atomic mass is 19.3. The second kappa shape index (κ2) is 6.93. The lowest BCUT2D eigenvalue weighted by Crippen LogP contribution is -2.47. The number of carbonyl (C=O) groups excluding carboxylic acids is 2. The fourth-order valence-corrected chi connectivity index (χ4v) is 1.84. The molecular weight excluding hydrogens is 306 g/mol. The molecule has 128 valence electrons. The van der Waals surface area contributed by atoms with Gasteiger partial charge in [0, 0.05) is 18.9 Å². The third-order valence-corrected chi connectivity index (χ3v) is 2.94. The van der Waals surface area contributed by atoms with Crippen LogP contribution in [0.5, 0.6) is 0 Å². The van der Waals surface area contributed by atoms with Crippen LogP contribution in [0.15, 0.2) is 24.3 Å². The minimum absolute atomic E-state index is 0.0874. The number of alkyl halides is 2. The van der Waals surface area contributed by atoms with Gasteiger partial charge in [-0.2, -0.15) is 0 Å². The SMILES string of the molecule is CC(C)(C)OC(=O)NC(Cc1ccc(C(C)(F)F)cc1)C(N)=O. The van der Waals surface area contributed by atoms with Crippen molar-refractivity contribution in [3.63, 3.8) is 0 Å². The van der Waals surface area contributed by atoms with Crippen molar-refractivity contribution in [2.75, 3.05) is 0 Å². The molecule has 0 aliphatic carbocycles. The Balaban J connectivity index is 2.77. The normalized spacial score (nSPS) is 13.3. The van der Waals surface area contributed by atoms with Gasteiger partial charge in [-0.25, -0.2) is 13.6 Å². The first-order valence-electron chi connectivity index (χ1n) is 7.14. The highest BCUT2D eigenvalue weighted by Gasteiger charge is 2.25. The number of ether oxygens (including phenoxy) is 1. The fourth-order valence-electron chi connectivity index (χ4n) is 1.84. The molecule has 1 aromatic rings. The lowest BCUT2D eigenvalue weighted by molar-refractivity contribution is -0.120. The Morgan fingerprint density at radius 3 is 2.09 bits per heavy atom. The lowest BCUT2D eigenvalue weighted by Gasteiger charge is -2.22. The summed E-state index contributed by atoms with van der Waals surface area (Å²) >= 11 is 0. The van der Waals surface area contributed by atoms with Gasteiger partial charge in [0.2, 0.25) is 5.91 Å². The minimum Gasteiger partial charge on any atom is -0.444 e. The highest BCUT2D eigenvalue weighted by molar-refractivity contribution is 5.84. The number of benzene rings is 1. The van der Waals surface area contributed by atoms with Crippen LogP contribution in [0.25, 0.3) is 0 Å². The van der Waals surface area contributed by atoms with Crippen molar-refractivity contribution < 1.29 is 23.1 Å². The molecule has 0 spiro atoms. The van der Waals surface area contributed by atoms with Crippen molar-refractivity contribution in [1.29, 1.82) is 0 Å². The van der Waals surface area contributed by atoms with E-state index in [0.717, 1.165) is 6.92 Å². The van der Waals surface area contributed by atoms with Gasteiger partial charge in [-0.1, -0.05) is 24.3 Å². The molecule has 1 rings (SSSR count). The summed E-state index contributed by atoms with van der Waals surface area (Å²) < 4.78 is 31.4. The summed E-state index contributed by atoms with van der Waals surface area (Å²) in [7, 11) is 0. The molecule has 23 heavy (non-hydrogen) atoms. The van der Waals surface area contributed by atoms with E-state index in [2.05, 4.69) is 5.32 Å². The number of nitrogens with two attached hydrogens (primary N) is 1. The highest BCUT2D eigenvalue weighted by Crippen LogP contribution is 2.26. The van der Waals surface area contributed by atoms with E-state index in [-0.39, 0.29) is 12.0 Å². The van der Waals surface area contributed by atoms with E-state index >= 15 is 0 Å². The predicted octanol–water partition coefficient (Wildman–Crippen LogP) is 2.72. The second-order valence-electron chi connectivity index (χ2n) is 6.39. The fraction of sp³-hybridized carbons (Fsp3) is 0.500. The Bertz CT molecular complexity index is 560. The Kier molecular flexibility index (Phi) is 5.69. The van der Waals surface area contributed by atoms with Gasteiger partial charge in [-0.05, 0) is 26.3 Å². The molecule has 0 bridgehead atoms. The van der Waals surface area contributed by atoms with Crippen molar-refractivity contribution in [3.8, 4) is 0 Å². The molecule has 3 N–H and O–H groups in total. The molecule has 0 aliphatic rings. The van der Waals surface area contributed by atoms with Gasteiger partial charge in [-0.15, -0.1) is 0 Å². The number of primary amides is 1. The van der Waals surface area contributed by atoms with E-state index in [0.29, 0.717) is 5.56 Å². The topological polar surface area (TPSA) is 81.4 Å². The maximum absolute atomic E-state index is 13.2. The number of alkyl carbamates (subject to hydrolysis) is 1. The van der Waals surface area contributed by atoms with E-state index in [4.69, 9.17) is 10.5 Å². The van der Waals surface area contributed by atoms with Crippen LogP contribution in [0.2, 0.25) is 0 Å². The summed E-state index contributed by atoms with van der Waals surface area (Å²) in [6.07, 6.45) is -0.678. The van der Waals surface area contributed by atoms with Crippen LogP contribution in [-0.2, 0) is 21.9 Å². The average Bonchev–Trinajstić information content (AvgIpc) is 2.35. The van der Waals surface area contributed by atoms with Crippen LogP contribution < -0.4 is 11.1 Å². The molecule has 1 unspecified atom stereocenters. The van der Waals surface area contributed by atoms with Crippen molar-refractivity contribution >= 4 is 12.0 Å². The molecule has 0 saturated heterocycles. The average molecular weight is 328 g/mol. The molecular formula is C16H22F2N2O3. The first-order valence-corrected chi connectivity index (χ1v) is 7.14. The van der Waals surface area contributed by atoms with Crippen molar-refractivity contribution in [2.45, 2.75) is 51.7 Å². The van der Waals surface area contributed by atoms with E-state index in [1.807, 2.05) is 0 Å². The largest absolute Gasteiger partial charge is 0.444 e. The van der Waals surface area contributed by atoms with Crippen LogP contribution in [0, 0.1) is 0 Å². The molecule has 1 aromatic carbocycles. The third-order valence-electron chi connectivity index (χ3n) is 2.94. The van der Waals surface area contributed by atoms with Crippen LogP contribution in [0.1, 0.15) is 38.8 Å². The molecule has 2 amide bonds. The summed E-state index contributed by atoms with van der Waals surface area (Å²) in [4.78, 5) is 23.2. The number of halogens is 2. The van der Waals surface area contributed by atoms with E-state index in [1.54, 1.807) is 20.8 Å². The molecule has 0 fully saturated rings. The molecule has 0 saturated carbocycles. The summed E-state index contributed by atoms with van der Waals surface area (Å²) in [5.74, 6) is -3.67. The maximum atomic E-state index is 13.2. The van der Waals surface area contributed by atoms with E-state index in [9.17, 15) is 18.4 Å².